The molecule has 0 saturated carbocycles. The van der Waals surface area contributed by atoms with Crippen molar-refractivity contribution in [3.8, 4) is 11.5 Å². The fourth-order valence-corrected chi connectivity index (χ4v) is 3.05. The number of halogens is 1. The summed E-state index contributed by atoms with van der Waals surface area (Å²) >= 11 is 7.75. The first-order valence-corrected chi connectivity index (χ1v) is 8.07. The maximum Gasteiger partial charge on any atom is 0.195 e. The molecule has 1 aromatic carbocycles. The minimum atomic E-state index is -0.0947. The van der Waals surface area contributed by atoms with Gasteiger partial charge in [-0.1, -0.05) is 11.6 Å². The minimum absolute atomic E-state index is 0.0947. The van der Waals surface area contributed by atoms with Crippen LogP contribution in [0.1, 0.15) is 35.3 Å². The zero-order valence-electron chi connectivity index (χ0n) is 12.2. The van der Waals surface area contributed by atoms with Gasteiger partial charge < -0.3 is 9.47 Å². The molecule has 2 aromatic rings. The number of aryl methyl sites for hydroxylation is 1. The summed E-state index contributed by atoms with van der Waals surface area (Å²) in [5.41, 5.74) is 2.06. The lowest BCUT2D eigenvalue weighted by atomic mass is 10.0. The lowest BCUT2D eigenvalue weighted by Gasteiger charge is -2.13. The summed E-state index contributed by atoms with van der Waals surface area (Å²) < 4.78 is 11.1. The molecular formula is C16H17ClO3S. The first kappa shape index (κ1) is 15.9. The lowest BCUT2D eigenvalue weighted by molar-refractivity contribution is 0.103. The van der Waals surface area contributed by atoms with Crippen molar-refractivity contribution in [3.63, 3.8) is 0 Å². The third kappa shape index (κ3) is 3.39. The van der Waals surface area contributed by atoms with Gasteiger partial charge in [0.25, 0.3) is 0 Å². The Labute approximate surface area is 133 Å². The molecule has 0 amide bonds. The normalized spacial score (nSPS) is 10.5. The molecule has 2 rings (SSSR count). The van der Waals surface area contributed by atoms with Crippen molar-refractivity contribution in [3.05, 3.63) is 44.6 Å². The van der Waals surface area contributed by atoms with E-state index in [1.165, 1.54) is 11.3 Å². The molecule has 0 aliphatic rings. The fraction of sp³-hybridized carbons (Fsp3) is 0.312. The Morgan fingerprint density at radius 1 is 1.10 bits per heavy atom. The van der Waals surface area contributed by atoms with Gasteiger partial charge in [-0.05, 0) is 37.8 Å². The number of carbonyl (C=O) groups is 1. The van der Waals surface area contributed by atoms with E-state index in [9.17, 15) is 4.79 Å². The molecule has 0 spiro atoms. The van der Waals surface area contributed by atoms with E-state index in [2.05, 4.69) is 0 Å². The predicted octanol–water partition coefficient (Wildman–Crippen LogP) is 4.74. The zero-order valence-corrected chi connectivity index (χ0v) is 13.8. The van der Waals surface area contributed by atoms with Crippen LogP contribution < -0.4 is 9.47 Å². The largest absolute Gasteiger partial charge is 0.490 e. The molecule has 0 aliphatic carbocycles. The number of hydrogen-bond acceptors (Lipinski definition) is 4. The molecule has 5 heteroatoms. The Morgan fingerprint density at radius 2 is 1.71 bits per heavy atom. The molecule has 0 N–H and O–H groups in total. The smallest absolute Gasteiger partial charge is 0.195 e. The minimum Gasteiger partial charge on any atom is -0.490 e. The van der Waals surface area contributed by atoms with E-state index in [4.69, 9.17) is 21.1 Å². The van der Waals surface area contributed by atoms with Gasteiger partial charge in [-0.15, -0.1) is 0 Å². The third-order valence-corrected chi connectivity index (χ3v) is 4.15. The standard InChI is InChI=1S/C16H17ClO3S/c1-4-19-14-6-11(13(17)7-15(14)20-5-2)16(18)12-9-21-8-10(12)3/h6-9H,4-5H2,1-3H3. The highest BCUT2D eigenvalue weighted by Gasteiger charge is 2.19. The molecule has 0 unspecified atom stereocenters. The van der Waals surface area contributed by atoms with Crippen molar-refractivity contribution in [1.29, 1.82) is 0 Å². The van der Waals surface area contributed by atoms with E-state index in [0.29, 0.717) is 40.9 Å². The maximum atomic E-state index is 12.6. The number of ketones is 1. The molecule has 0 atom stereocenters. The predicted molar refractivity (Wildman–Crippen MR) is 86.3 cm³/mol. The van der Waals surface area contributed by atoms with E-state index >= 15 is 0 Å². The average Bonchev–Trinajstić information content (AvgIpc) is 2.87. The van der Waals surface area contributed by atoms with Crippen molar-refractivity contribution in [2.75, 3.05) is 13.2 Å². The number of carbonyl (C=O) groups excluding carboxylic acids is 1. The van der Waals surface area contributed by atoms with Crippen molar-refractivity contribution in [1.82, 2.24) is 0 Å². The van der Waals surface area contributed by atoms with Crippen LogP contribution in [-0.2, 0) is 0 Å². The lowest BCUT2D eigenvalue weighted by Crippen LogP contribution is -2.05. The quantitative estimate of drug-likeness (QED) is 0.720. The summed E-state index contributed by atoms with van der Waals surface area (Å²) in [5.74, 6) is 1.01. The van der Waals surface area contributed by atoms with Gasteiger partial charge in [0.05, 0.1) is 18.2 Å². The monoisotopic (exact) mass is 324 g/mol. The second-order valence-electron chi connectivity index (χ2n) is 4.44. The van der Waals surface area contributed by atoms with Crippen molar-refractivity contribution in [2.24, 2.45) is 0 Å². The van der Waals surface area contributed by atoms with Crippen LogP contribution in [0.2, 0.25) is 5.02 Å². The van der Waals surface area contributed by atoms with Gasteiger partial charge in [-0.25, -0.2) is 0 Å². The number of ether oxygens (including phenoxy) is 2. The highest BCUT2D eigenvalue weighted by atomic mass is 35.5. The summed E-state index contributed by atoms with van der Waals surface area (Å²) in [6, 6.07) is 3.31. The topological polar surface area (TPSA) is 35.5 Å². The van der Waals surface area contributed by atoms with Crippen LogP contribution in [0.3, 0.4) is 0 Å². The maximum absolute atomic E-state index is 12.6. The second-order valence-corrected chi connectivity index (χ2v) is 5.59. The van der Waals surface area contributed by atoms with Gasteiger partial charge in [0.15, 0.2) is 17.3 Å². The number of hydrogen-bond donors (Lipinski definition) is 0. The Bertz CT molecular complexity index is 649. The van der Waals surface area contributed by atoms with Gasteiger partial charge in [-0.2, -0.15) is 11.3 Å². The molecule has 0 saturated heterocycles. The summed E-state index contributed by atoms with van der Waals surface area (Å²) in [6.07, 6.45) is 0. The Morgan fingerprint density at radius 3 is 2.24 bits per heavy atom. The Balaban J connectivity index is 2.46. The first-order valence-electron chi connectivity index (χ1n) is 6.75. The van der Waals surface area contributed by atoms with Gasteiger partial charge >= 0.3 is 0 Å². The molecule has 21 heavy (non-hydrogen) atoms. The zero-order chi connectivity index (χ0) is 15.4. The van der Waals surface area contributed by atoms with E-state index < -0.39 is 0 Å². The highest BCUT2D eigenvalue weighted by molar-refractivity contribution is 7.08. The molecule has 112 valence electrons. The second kappa shape index (κ2) is 6.96. The van der Waals surface area contributed by atoms with Gasteiger partial charge in [0.2, 0.25) is 0 Å². The van der Waals surface area contributed by atoms with Crippen LogP contribution in [0.5, 0.6) is 11.5 Å². The molecule has 0 radical (unpaired) electrons. The van der Waals surface area contributed by atoms with Crippen LogP contribution >= 0.6 is 22.9 Å². The molecular weight excluding hydrogens is 308 g/mol. The van der Waals surface area contributed by atoms with Crippen LogP contribution in [0.15, 0.2) is 22.9 Å². The van der Waals surface area contributed by atoms with E-state index in [-0.39, 0.29) is 5.78 Å². The molecule has 1 heterocycles. The van der Waals surface area contributed by atoms with Gasteiger partial charge in [-0.3, -0.25) is 4.79 Å². The summed E-state index contributed by atoms with van der Waals surface area (Å²) in [6.45, 7) is 6.68. The molecule has 0 bridgehead atoms. The van der Waals surface area contributed by atoms with Gasteiger partial charge in [0.1, 0.15) is 0 Å². The van der Waals surface area contributed by atoms with Crippen LogP contribution in [-0.4, -0.2) is 19.0 Å². The molecule has 1 aromatic heterocycles. The van der Waals surface area contributed by atoms with E-state index in [0.717, 1.165) is 5.56 Å². The Hall–Kier alpha value is -1.52. The van der Waals surface area contributed by atoms with Crippen molar-refractivity contribution in [2.45, 2.75) is 20.8 Å². The van der Waals surface area contributed by atoms with Crippen LogP contribution in [0, 0.1) is 6.92 Å². The highest BCUT2D eigenvalue weighted by Crippen LogP contribution is 2.35. The van der Waals surface area contributed by atoms with Crippen molar-refractivity contribution >= 4 is 28.7 Å². The summed E-state index contributed by atoms with van der Waals surface area (Å²) in [4.78, 5) is 12.6. The molecule has 3 nitrogen and oxygen atoms in total. The van der Waals surface area contributed by atoms with Crippen LogP contribution in [0.4, 0.5) is 0 Å². The number of benzene rings is 1. The number of rotatable bonds is 6. The third-order valence-electron chi connectivity index (χ3n) is 2.98. The van der Waals surface area contributed by atoms with Crippen LogP contribution in [0.25, 0.3) is 0 Å². The van der Waals surface area contributed by atoms with E-state index in [1.807, 2.05) is 31.5 Å². The first-order chi connectivity index (χ1) is 10.1. The fourth-order valence-electron chi connectivity index (χ4n) is 1.98. The molecule has 0 aliphatic heterocycles. The van der Waals surface area contributed by atoms with Gasteiger partial charge in [0, 0.05) is 22.6 Å². The number of thiophene rings is 1. The van der Waals surface area contributed by atoms with Crippen molar-refractivity contribution < 1.29 is 14.3 Å². The SMILES string of the molecule is CCOc1cc(Cl)c(C(=O)c2cscc2C)cc1OCC. The molecule has 0 fully saturated rings. The summed E-state index contributed by atoms with van der Waals surface area (Å²) in [5, 5.41) is 4.15. The van der Waals surface area contributed by atoms with E-state index in [1.54, 1.807) is 12.1 Å². The Kier molecular flexibility index (Phi) is 5.26. The summed E-state index contributed by atoms with van der Waals surface area (Å²) in [7, 11) is 0. The average molecular weight is 325 g/mol.